The van der Waals surface area contributed by atoms with Gasteiger partial charge in [-0.25, -0.2) is 0 Å². The molecule has 1 aliphatic rings. The van der Waals surface area contributed by atoms with Gasteiger partial charge in [0.2, 0.25) is 0 Å². The predicted molar refractivity (Wildman–Crippen MR) is 95.0 cm³/mol. The van der Waals surface area contributed by atoms with Crippen molar-refractivity contribution in [2.75, 3.05) is 6.54 Å². The van der Waals surface area contributed by atoms with Crippen molar-refractivity contribution < 1.29 is 19.1 Å². The van der Waals surface area contributed by atoms with Crippen LogP contribution >= 0.6 is 35.0 Å². The number of ether oxygens (including phenoxy) is 1. The van der Waals surface area contributed by atoms with E-state index in [1.807, 2.05) is 0 Å². The Bertz CT molecular complexity index is 740. The van der Waals surface area contributed by atoms with Crippen LogP contribution < -0.4 is 0 Å². The summed E-state index contributed by atoms with van der Waals surface area (Å²) in [6.45, 7) is 4.72. The number of nitrogens with zero attached hydrogens (tertiary/aromatic N) is 1. The van der Waals surface area contributed by atoms with E-state index in [0.717, 1.165) is 16.7 Å². The van der Waals surface area contributed by atoms with Crippen LogP contribution in [0.4, 0.5) is 4.79 Å². The first-order chi connectivity index (χ1) is 11.1. The molecule has 1 heterocycles. The number of carbonyl (C=O) groups is 3. The molecular formula is C16H15Cl2NO4S. The van der Waals surface area contributed by atoms with Crippen LogP contribution in [-0.4, -0.2) is 34.2 Å². The van der Waals surface area contributed by atoms with Crippen molar-refractivity contribution in [3.63, 3.8) is 0 Å². The van der Waals surface area contributed by atoms with Gasteiger partial charge < -0.3 is 4.74 Å². The standard InChI is InChI=1S/C16H15Cl2NO4S/c1-16(2,3)23-13(20)8-19-14(21)12(24-15(19)22)7-9-4-5-10(17)11(18)6-9/h4-7H,8H2,1-3H3/b12-7+. The predicted octanol–water partition coefficient (Wildman–Crippen LogP) is 4.37. The minimum absolute atomic E-state index is 0.210. The number of hydrogen-bond donors (Lipinski definition) is 0. The molecule has 0 radical (unpaired) electrons. The highest BCUT2D eigenvalue weighted by molar-refractivity contribution is 8.18. The van der Waals surface area contributed by atoms with E-state index in [0.29, 0.717) is 15.6 Å². The third-order valence-corrected chi connectivity index (χ3v) is 4.47. The van der Waals surface area contributed by atoms with E-state index in [1.54, 1.807) is 39.0 Å². The van der Waals surface area contributed by atoms with Crippen molar-refractivity contribution in [3.8, 4) is 0 Å². The van der Waals surface area contributed by atoms with Crippen LogP contribution in [0, 0.1) is 0 Å². The third-order valence-electron chi connectivity index (χ3n) is 2.82. The molecule has 0 atom stereocenters. The summed E-state index contributed by atoms with van der Waals surface area (Å²) in [4.78, 5) is 37.2. The van der Waals surface area contributed by atoms with Crippen LogP contribution in [0.3, 0.4) is 0 Å². The fraction of sp³-hybridized carbons (Fsp3) is 0.312. The van der Waals surface area contributed by atoms with Crippen LogP contribution in [0.1, 0.15) is 26.3 Å². The summed E-state index contributed by atoms with van der Waals surface area (Å²) in [6.07, 6.45) is 1.53. The molecule has 2 amide bonds. The number of esters is 1. The monoisotopic (exact) mass is 387 g/mol. The van der Waals surface area contributed by atoms with Gasteiger partial charge in [-0.3, -0.25) is 19.3 Å². The minimum atomic E-state index is -0.686. The second kappa shape index (κ2) is 7.17. The number of hydrogen-bond acceptors (Lipinski definition) is 5. The maximum absolute atomic E-state index is 12.3. The van der Waals surface area contributed by atoms with Crippen molar-refractivity contribution in [2.45, 2.75) is 26.4 Å². The van der Waals surface area contributed by atoms with Crippen molar-refractivity contribution >= 4 is 58.2 Å². The maximum atomic E-state index is 12.3. The molecule has 1 aromatic rings. The molecule has 2 rings (SSSR count). The number of thioether (sulfide) groups is 1. The SMILES string of the molecule is CC(C)(C)OC(=O)CN1C(=O)S/C(=C/c2ccc(Cl)c(Cl)c2)C1=O. The van der Waals surface area contributed by atoms with E-state index in [-0.39, 0.29) is 4.91 Å². The second-order valence-electron chi connectivity index (χ2n) is 6.03. The summed E-state index contributed by atoms with van der Waals surface area (Å²) in [5.74, 6) is -1.18. The van der Waals surface area contributed by atoms with Gasteiger partial charge in [-0.15, -0.1) is 0 Å². The Kier molecular flexibility index (Phi) is 5.63. The molecule has 0 unspecified atom stereocenters. The zero-order chi connectivity index (χ0) is 18.1. The number of amides is 2. The van der Waals surface area contributed by atoms with E-state index in [9.17, 15) is 14.4 Å². The van der Waals surface area contributed by atoms with Crippen molar-refractivity contribution in [2.24, 2.45) is 0 Å². The largest absolute Gasteiger partial charge is 0.459 e. The number of carbonyl (C=O) groups excluding carboxylic acids is 3. The van der Waals surface area contributed by atoms with Gasteiger partial charge in [0.15, 0.2) is 0 Å². The van der Waals surface area contributed by atoms with Crippen molar-refractivity contribution in [1.82, 2.24) is 4.90 Å². The lowest BCUT2D eigenvalue weighted by Crippen LogP contribution is -2.37. The van der Waals surface area contributed by atoms with Gasteiger partial charge in [-0.05, 0) is 56.3 Å². The molecule has 1 saturated heterocycles. The van der Waals surface area contributed by atoms with Gasteiger partial charge in [0.1, 0.15) is 12.1 Å². The van der Waals surface area contributed by atoms with Gasteiger partial charge in [-0.2, -0.15) is 0 Å². The quantitative estimate of drug-likeness (QED) is 0.568. The molecule has 24 heavy (non-hydrogen) atoms. The van der Waals surface area contributed by atoms with Gasteiger partial charge in [0, 0.05) is 0 Å². The van der Waals surface area contributed by atoms with E-state index in [2.05, 4.69) is 0 Å². The topological polar surface area (TPSA) is 63.7 Å². The Balaban J connectivity index is 2.14. The van der Waals surface area contributed by atoms with Crippen LogP contribution in [-0.2, 0) is 14.3 Å². The lowest BCUT2D eigenvalue weighted by molar-refractivity contribution is -0.156. The molecular weight excluding hydrogens is 373 g/mol. The Morgan fingerprint density at radius 1 is 1.25 bits per heavy atom. The number of rotatable bonds is 3. The molecule has 0 N–H and O–H groups in total. The van der Waals surface area contributed by atoms with Crippen LogP contribution in [0.2, 0.25) is 10.0 Å². The molecule has 0 aliphatic carbocycles. The molecule has 1 fully saturated rings. The van der Waals surface area contributed by atoms with Crippen molar-refractivity contribution in [1.29, 1.82) is 0 Å². The molecule has 0 spiro atoms. The Morgan fingerprint density at radius 3 is 2.50 bits per heavy atom. The zero-order valence-corrected chi connectivity index (χ0v) is 15.6. The highest BCUT2D eigenvalue weighted by Gasteiger charge is 2.37. The number of benzene rings is 1. The van der Waals surface area contributed by atoms with Gasteiger partial charge >= 0.3 is 5.97 Å². The average molecular weight is 388 g/mol. The van der Waals surface area contributed by atoms with Crippen LogP contribution in [0.15, 0.2) is 23.1 Å². The normalized spacial score (nSPS) is 16.9. The van der Waals surface area contributed by atoms with Crippen molar-refractivity contribution in [3.05, 3.63) is 38.7 Å². The van der Waals surface area contributed by atoms with Crippen LogP contribution in [0.5, 0.6) is 0 Å². The smallest absolute Gasteiger partial charge is 0.326 e. The fourth-order valence-electron chi connectivity index (χ4n) is 1.89. The highest BCUT2D eigenvalue weighted by Crippen LogP contribution is 2.33. The van der Waals surface area contributed by atoms with Gasteiger partial charge in [0.25, 0.3) is 11.1 Å². The summed E-state index contributed by atoms with van der Waals surface area (Å²) in [5, 5.41) is 0.224. The maximum Gasteiger partial charge on any atom is 0.326 e. The van der Waals surface area contributed by atoms with E-state index < -0.39 is 29.3 Å². The molecule has 0 aromatic heterocycles. The molecule has 128 valence electrons. The summed E-state index contributed by atoms with van der Waals surface area (Å²) in [5.41, 5.74) is -0.0541. The summed E-state index contributed by atoms with van der Waals surface area (Å²) >= 11 is 12.5. The molecule has 0 saturated carbocycles. The average Bonchev–Trinajstić information content (AvgIpc) is 2.69. The first-order valence-corrected chi connectivity index (χ1v) is 8.56. The van der Waals surface area contributed by atoms with E-state index >= 15 is 0 Å². The highest BCUT2D eigenvalue weighted by atomic mass is 35.5. The van der Waals surface area contributed by atoms with Gasteiger partial charge in [0.05, 0.1) is 15.0 Å². The number of halogens is 2. The molecule has 0 bridgehead atoms. The lowest BCUT2D eigenvalue weighted by atomic mass is 10.2. The Hall–Kier alpha value is -1.50. The van der Waals surface area contributed by atoms with Gasteiger partial charge in [-0.1, -0.05) is 29.3 Å². The molecule has 1 aliphatic heterocycles. The second-order valence-corrected chi connectivity index (χ2v) is 7.84. The lowest BCUT2D eigenvalue weighted by Gasteiger charge is -2.21. The Morgan fingerprint density at radius 2 is 1.92 bits per heavy atom. The van der Waals surface area contributed by atoms with Crippen LogP contribution in [0.25, 0.3) is 6.08 Å². The first kappa shape index (κ1) is 18.8. The zero-order valence-electron chi connectivity index (χ0n) is 13.3. The molecule has 5 nitrogen and oxygen atoms in total. The first-order valence-electron chi connectivity index (χ1n) is 6.99. The van der Waals surface area contributed by atoms with E-state index in [1.165, 1.54) is 6.08 Å². The van der Waals surface area contributed by atoms with E-state index in [4.69, 9.17) is 27.9 Å². The fourth-order valence-corrected chi connectivity index (χ4v) is 3.04. The Labute approximate surface area is 153 Å². The summed E-state index contributed by atoms with van der Waals surface area (Å²) in [7, 11) is 0. The molecule has 1 aromatic carbocycles. The summed E-state index contributed by atoms with van der Waals surface area (Å²) in [6, 6.07) is 4.86. The third kappa shape index (κ3) is 4.75. The molecule has 8 heteroatoms. The number of imide groups is 1. The summed E-state index contributed by atoms with van der Waals surface area (Å²) < 4.78 is 5.13. The minimum Gasteiger partial charge on any atom is -0.459 e.